The maximum absolute atomic E-state index is 6.02. The first kappa shape index (κ1) is 10.5. The fraction of sp³-hybridized carbons (Fsp3) is 0.750. The van der Waals surface area contributed by atoms with Gasteiger partial charge in [0.15, 0.2) is 0 Å². The Labute approximate surface area is 91.7 Å². The molecule has 0 radical (unpaired) electrons. The summed E-state index contributed by atoms with van der Waals surface area (Å²) in [5.41, 5.74) is 7.56. The molecule has 0 amide bonds. The molecule has 15 heavy (non-hydrogen) atoms. The Hall–Kier alpha value is -0.990. The topological polar surface area (TPSA) is 43.8 Å². The first-order valence-corrected chi connectivity index (χ1v) is 5.79. The predicted octanol–water partition coefficient (Wildman–Crippen LogP) is 2.92. The molecule has 1 atom stereocenters. The van der Waals surface area contributed by atoms with Crippen molar-refractivity contribution < 1.29 is 0 Å². The number of rotatable bonds is 1. The number of nitrogens with zero attached hydrogens (tertiary/aromatic N) is 2. The van der Waals surface area contributed by atoms with Crippen LogP contribution in [0.25, 0.3) is 0 Å². The molecule has 0 aliphatic heterocycles. The summed E-state index contributed by atoms with van der Waals surface area (Å²) in [5, 5.41) is 4.40. The van der Waals surface area contributed by atoms with Gasteiger partial charge in [0, 0.05) is 5.56 Å². The van der Waals surface area contributed by atoms with Crippen LogP contribution >= 0.6 is 0 Å². The van der Waals surface area contributed by atoms with Gasteiger partial charge in [0.05, 0.1) is 12.2 Å². The van der Waals surface area contributed by atoms with Crippen molar-refractivity contribution in [3.8, 4) is 0 Å². The molecule has 1 unspecified atom stereocenters. The Morgan fingerprint density at radius 2 is 2.27 bits per heavy atom. The van der Waals surface area contributed by atoms with Gasteiger partial charge in [-0.05, 0) is 31.6 Å². The predicted molar refractivity (Wildman–Crippen MR) is 62.7 cm³/mol. The summed E-state index contributed by atoms with van der Waals surface area (Å²) in [6.07, 6.45) is 6.89. The molecule has 1 aliphatic rings. The zero-order valence-electron chi connectivity index (χ0n) is 9.95. The summed E-state index contributed by atoms with van der Waals surface area (Å²) in [6.45, 7) is 6.70. The van der Waals surface area contributed by atoms with E-state index in [9.17, 15) is 0 Å². The van der Waals surface area contributed by atoms with Crippen LogP contribution in [0.15, 0.2) is 6.20 Å². The largest absolute Gasteiger partial charge is 0.384 e. The van der Waals surface area contributed by atoms with Gasteiger partial charge in [-0.15, -0.1) is 0 Å². The van der Waals surface area contributed by atoms with Crippen LogP contribution in [0.4, 0.5) is 5.82 Å². The molecule has 1 fully saturated rings. The highest BCUT2D eigenvalue weighted by atomic mass is 15.3. The van der Waals surface area contributed by atoms with Gasteiger partial charge < -0.3 is 5.73 Å². The summed E-state index contributed by atoms with van der Waals surface area (Å²) >= 11 is 0. The lowest BCUT2D eigenvalue weighted by atomic mass is 9.75. The van der Waals surface area contributed by atoms with E-state index in [1.807, 2.05) is 17.8 Å². The average molecular weight is 207 g/mol. The Morgan fingerprint density at radius 3 is 2.80 bits per heavy atom. The highest BCUT2D eigenvalue weighted by Crippen LogP contribution is 2.41. The summed E-state index contributed by atoms with van der Waals surface area (Å²) in [4.78, 5) is 0. The van der Waals surface area contributed by atoms with Crippen molar-refractivity contribution in [2.24, 2.45) is 5.41 Å². The Balaban J connectivity index is 2.21. The Kier molecular flexibility index (Phi) is 2.49. The minimum Gasteiger partial charge on any atom is -0.384 e. The van der Waals surface area contributed by atoms with Gasteiger partial charge in [-0.3, -0.25) is 0 Å². The fourth-order valence-corrected chi connectivity index (χ4v) is 2.62. The number of nitrogens with two attached hydrogens (primary N) is 1. The third-order valence-corrected chi connectivity index (χ3v) is 3.55. The third-order valence-electron chi connectivity index (χ3n) is 3.55. The van der Waals surface area contributed by atoms with E-state index in [0.29, 0.717) is 11.5 Å². The van der Waals surface area contributed by atoms with E-state index in [2.05, 4.69) is 18.9 Å². The molecule has 1 aromatic heterocycles. The van der Waals surface area contributed by atoms with Crippen LogP contribution < -0.4 is 5.73 Å². The highest BCUT2D eigenvalue weighted by molar-refractivity contribution is 5.37. The van der Waals surface area contributed by atoms with Crippen LogP contribution in [-0.2, 0) is 0 Å². The van der Waals surface area contributed by atoms with Gasteiger partial charge in [-0.2, -0.15) is 5.10 Å². The number of aromatic nitrogens is 2. The summed E-state index contributed by atoms with van der Waals surface area (Å²) in [6, 6.07) is 0.502. The minimum atomic E-state index is 0.440. The molecule has 0 aromatic carbocycles. The molecule has 1 saturated carbocycles. The molecule has 3 nitrogen and oxygen atoms in total. The van der Waals surface area contributed by atoms with Crippen LogP contribution in [-0.4, -0.2) is 9.78 Å². The number of nitrogen functional groups attached to an aromatic ring is 1. The molecule has 0 spiro atoms. The lowest BCUT2D eigenvalue weighted by molar-refractivity contribution is 0.176. The zero-order valence-corrected chi connectivity index (χ0v) is 9.95. The Bertz CT molecular complexity index is 352. The number of hydrogen-bond donors (Lipinski definition) is 1. The van der Waals surface area contributed by atoms with Crippen LogP contribution in [0, 0.1) is 12.3 Å². The van der Waals surface area contributed by atoms with E-state index < -0.39 is 0 Å². The number of anilines is 1. The van der Waals surface area contributed by atoms with E-state index in [4.69, 9.17) is 5.73 Å². The van der Waals surface area contributed by atoms with Gasteiger partial charge in [0.25, 0.3) is 0 Å². The van der Waals surface area contributed by atoms with Crippen LogP contribution in [0.1, 0.15) is 51.1 Å². The SMILES string of the molecule is Cc1cnn(C2CCCC(C)(C)C2)c1N. The van der Waals surface area contributed by atoms with Crippen molar-refractivity contribution in [3.63, 3.8) is 0 Å². The fourth-order valence-electron chi connectivity index (χ4n) is 2.62. The van der Waals surface area contributed by atoms with Crippen LogP contribution in [0.2, 0.25) is 0 Å². The number of hydrogen-bond acceptors (Lipinski definition) is 2. The maximum atomic E-state index is 6.02. The van der Waals surface area contributed by atoms with E-state index >= 15 is 0 Å². The molecule has 1 aliphatic carbocycles. The summed E-state index contributed by atoms with van der Waals surface area (Å²) < 4.78 is 2.02. The van der Waals surface area contributed by atoms with E-state index in [0.717, 1.165) is 11.4 Å². The second kappa shape index (κ2) is 3.54. The first-order valence-electron chi connectivity index (χ1n) is 5.79. The van der Waals surface area contributed by atoms with Crippen molar-refractivity contribution in [1.82, 2.24) is 9.78 Å². The molecule has 2 N–H and O–H groups in total. The third kappa shape index (κ3) is 2.01. The minimum absolute atomic E-state index is 0.440. The highest BCUT2D eigenvalue weighted by Gasteiger charge is 2.30. The van der Waals surface area contributed by atoms with Gasteiger partial charge in [0.1, 0.15) is 5.82 Å². The molecule has 0 saturated heterocycles. The van der Waals surface area contributed by atoms with E-state index in [-0.39, 0.29) is 0 Å². The van der Waals surface area contributed by atoms with Gasteiger partial charge in [-0.25, -0.2) is 4.68 Å². The monoisotopic (exact) mass is 207 g/mol. The second-order valence-corrected chi connectivity index (χ2v) is 5.57. The lowest BCUT2D eigenvalue weighted by Crippen LogP contribution is -2.26. The maximum Gasteiger partial charge on any atom is 0.124 e. The standard InChI is InChI=1S/C12H21N3/c1-9-8-14-15(11(9)13)10-5-4-6-12(2,3)7-10/h8,10H,4-7,13H2,1-3H3. The van der Waals surface area contributed by atoms with Crippen LogP contribution in [0.3, 0.4) is 0 Å². The van der Waals surface area contributed by atoms with Crippen molar-refractivity contribution in [2.45, 2.75) is 52.5 Å². The van der Waals surface area contributed by atoms with Crippen molar-refractivity contribution >= 4 is 5.82 Å². The quantitative estimate of drug-likeness (QED) is 0.769. The molecule has 2 rings (SSSR count). The second-order valence-electron chi connectivity index (χ2n) is 5.57. The molecule has 84 valence electrons. The zero-order chi connectivity index (χ0) is 11.1. The lowest BCUT2D eigenvalue weighted by Gasteiger charge is -2.35. The van der Waals surface area contributed by atoms with Gasteiger partial charge in [-0.1, -0.05) is 20.3 Å². The molecular formula is C12H21N3. The molecule has 1 aromatic rings. The van der Waals surface area contributed by atoms with Crippen molar-refractivity contribution in [2.75, 3.05) is 5.73 Å². The summed E-state index contributed by atoms with van der Waals surface area (Å²) in [5.74, 6) is 0.845. The van der Waals surface area contributed by atoms with Crippen molar-refractivity contribution in [1.29, 1.82) is 0 Å². The smallest absolute Gasteiger partial charge is 0.124 e. The van der Waals surface area contributed by atoms with Crippen molar-refractivity contribution in [3.05, 3.63) is 11.8 Å². The van der Waals surface area contributed by atoms with Gasteiger partial charge >= 0.3 is 0 Å². The Morgan fingerprint density at radius 1 is 1.53 bits per heavy atom. The normalized spacial score (nSPS) is 25.4. The van der Waals surface area contributed by atoms with E-state index in [1.54, 1.807) is 0 Å². The number of aryl methyl sites for hydroxylation is 1. The first-order chi connectivity index (χ1) is 6.99. The van der Waals surface area contributed by atoms with E-state index in [1.165, 1.54) is 25.7 Å². The molecule has 1 heterocycles. The van der Waals surface area contributed by atoms with Gasteiger partial charge in [0.2, 0.25) is 0 Å². The molecule has 0 bridgehead atoms. The van der Waals surface area contributed by atoms with Crippen LogP contribution in [0.5, 0.6) is 0 Å². The summed E-state index contributed by atoms with van der Waals surface area (Å²) in [7, 11) is 0. The molecular weight excluding hydrogens is 186 g/mol. The average Bonchev–Trinajstić information content (AvgIpc) is 2.46. The molecule has 3 heteroatoms.